The SMILES string of the molecule is Cc1ccc(Oc2cc(NC(=O)Cn3nc(C(F)(F)F)c(Cl)c3C)cc([N+](=O)[O-])c2)cc1. The quantitative estimate of drug-likeness (QED) is 0.380. The molecule has 8 nitrogen and oxygen atoms in total. The summed E-state index contributed by atoms with van der Waals surface area (Å²) < 4.78 is 45.3. The number of aromatic nitrogens is 2. The van der Waals surface area contributed by atoms with Crippen LogP contribution in [0.1, 0.15) is 17.0 Å². The number of hydrogen-bond acceptors (Lipinski definition) is 5. The minimum absolute atomic E-state index is 0.0262. The molecule has 0 unspecified atom stereocenters. The first-order chi connectivity index (χ1) is 14.9. The van der Waals surface area contributed by atoms with E-state index >= 15 is 0 Å². The topological polar surface area (TPSA) is 99.3 Å². The second-order valence-corrected chi connectivity index (χ2v) is 7.22. The van der Waals surface area contributed by atoms with Crippen molar-refractivity contribution in [2.45, 2.75) is 26.6 Å². The van der Waals surface area contributed by atoms with E-state index in [9.17, 15) is 28.1 Å². The van der Waals surface area contributed by atoms with Gasteiger partial charge in [-0.2, -0.15) is 18.3 Å². The summed E-state index contributed by atoms with van der Waals surface area (Å²) >= 11 is 5.68. The van der Waals surface area contributed by atoms with E-state index in [2.05, 4.69) is 10.4 Å². The average Bonchev–Trinajstić information content (AvgIpc) is 2.98. The molecule has 0 saturated carbocycles. The minimum Gasteiger partial charge on any atom is -0.457 e. The number of halogens is 4. The Morgan fingerprint density at radius 2 is 1.84 bits per heavy atom. The van der Waals surface area contributed by atoms with Crippen LogP contribution < -0.4 is 10.1 Å². The number of aryl methyl sites for hydroxylation is 1. The van der Waals surface area contributed by atoms with E-state index in [0.29, 0.717) is 5.75 Å². The van der Waals surface area contributed by atoms with Gasteiger partial charge in [-0.25, -0.2) is 0 Å². The van der Waals surface area contributed by atoms with Crippen LogP contribution >= 0.6 is 11.6 Å². The molecule has 0 aliphatic heterocycles. The van der Waals surface area contributed by atoms with E-state index in [1.807, 2.05) is 6.92 Å². The summed E-state index contributed by atoms with van der Waals surface area (Å²) in [6, 6.07) is 10.6. The van der Waals surface area contributed by atoms with Crippen LogP contribution in [0.15, 0.2) is 42.5 Å². The van der Waals surface area contributed by atoms with Crippen molar-refractivity contribution in [1.29, 1.82) is 0 Å². The molecule has 2 aromatic carbocycles. The number of nitrogens with one attached hydrogen (secondary N) is 1. The van der Waals surface area contributed by atoms with E-state index in [-0.39, 0.29) is 22.8 Å². The molecule has 3 rings (SSSR count). The maximum Gasteiger partial charge on any atom is 0.436 e. The lowest BCUT2D eigenvalue weighted by atomic mass is 10.2. The van der Waals surface area contributed by atoms with Gasteiger partial charge < -0.3 is 10.1 Å². The van der Waals surface area contributed by atoms with E-state index < -0.39 is 34.3 Å². The first kappa shape index (κ1) is 23.1. The monoisotopic (exact) mass is 468 g/mol. The Morgan fingerprint density at radius 3 is 2.41 bits per heavy atom. The lowest BCUT2D eigenvalue weighted by Gasteiger charge is -2.10. The normalized spacial score (nSPS) is 11.3. The highest BCUT2D eigenvalue weighted by molar-refractivity contribution is 6.32. The van der Waals surface area contributed by atoms with Gasteiger partial charge in [-0.3, -0.25) is 19.6 Å². The molecule has 32 heavy (non-hydrogen) atoms. The summed E-state index contributed by atoms with van der Waals surface area (Å²) in [5.74, 6) is -0.242. The van der Waals surface area contributed by atoms with Crippen molar-refractivity contribution < 1.29 is 27.6 Å². The molecule has 1 heterocycles. The Kier molecular flexibility index (Phi) is 6.40. The third kappa shape index (κ3) is 5.35. The van der Waals surface area contributed by atoms with Gasteiger partial charge in [0.25, 0.3) is 5.69 Å². The number of non-ortho nitro benzene ring substituents is 1. The van der Waals surface area contributed by atoms with Crippen LogP contribution in [0.25, 0.3) is 0 Å². The number of anilines is 1. The van der Waals surface area contributed by atoms with Crippen molar-refractivity contribution in [3.05, 3.63) is 74.6 Å². The van der Waals surface area contributed by atoms with Crippen molar-refractivity contribution in [2.75, 3.05) is 5.32 Å². The number of nitro groups is 1. The van der Waals surface area contributed by atoms with Gasteiger partial charge in [0, 0.05) is 12.1 Å². The van der Waals surface area contributed by atoms with Crippen LogP contribution in [0.5, 0.6) is 11.5 Å². The molecule has 0 radical (unpaired) electrons. The summed E-state index contributed by atoms with van der Waals surface area (Å²) in [6.45, 7) is 2.59. The number of alkyl halides is 3. The Morgan fingerprint density at radius 1 is 1.19 bits per heavy atom. The van der Waals surface area contributed by atoms with E-state index in [1.54, 1.807) is 24.3 Å². The van der Waals surface area contributed by atoms with E-state index in [4.69, 9.17) is 16.3 Å². The summed E-state index contributed by atoms with van der Waals surface area (Å²) in [7, 11) is 0. The number of rotatable bonds is 6. The third-order valence-corrected chi connectivity index (χ3v) is 4.79. The molecular formula is C20H16ClF3N4O4. The second-order valence-electron chi connectivity index (χ2n) is 6.84. The molecular weight excluding hydrogens is 453 g/mol. The first-order valence-electron chi connectivity index (χ1n) is 9.08. The van der Waals surface area contributed by atoms with Crippen LogP contribution in [0.4, 0.5) is 24.5 Å². The average molecular weight is 469 g/mol. The van der Waals surface area contributed by atoms with Crippen LogP contribution in [0, 0.1) is 24.0 Å². The standard InChI is InChI=1S/C20H16ClF3N4O4/c1-11-3-5-15(6-4-11)32-16-8-13(7-14(9-16)28(30)31)25-17(29)10-27-12(2)18(21)19(26-27)20(22,23)24/h3-9H,10H2,1-2H3,(H,25,29). The molecule has 0 bridgehead atoms. The molecule has 1 amide bonds. The van der Waals surface area contributed by atoms with Crippen molar-refractivity contribution in [2.24, 2.45) is 0 Å². The van der Waals surface area contributed by atoms with Gasteiger partial charge in [0.05, 0.1) is 27.4 Å². The maximum absolute atomic E-state index is 13.0. The smallest absolute Gasteiger partial charge is 0.436 e. The number of amides is 1. The number of hydrogen-bond donors (Lipinski definition) is 1. The molecule has 1 aromatic heterocycles. The van der Waals surface area contributed by atoms with Crippen molar-refractivity contribution in [1.82, 2.24) is 9.78 Å². The highest BCUT2D eigenvalue weighted by Gasteiger charge is 2.38. The Balaban J connectivity index is 1.82. The fourth-order valence-corrected chi connectivity index (χ4v) is 3.00. The molecule has 0 aliphatic rings. The summed E-state index contributed by atoms with van der Waals surface area (Å²) in [5, 5.41) is 16.4. The highest BCUT2D eigenvalue weighted by Crippen LogP contribution is 2.35. The maximum atomic E-state index is 13.0. The number of benzene rings is 2. The molecule has 0 aliphatic carbocycles. The van der Waals surface area contributed by atoms with Gasteiger partial charge in [-0.15, -0.1) is 0 Å². The van der Waals surface area contributed by atoms with Crippen molar-refractivity contribution in [3.63, 3.8) is 0 Å². The Labute approximate surface area is 184 Å². The predicted molar refractivity (Wildman–Crippen MR) is 110 cm³/mol. The van der Waals surface area contributed by atoms with Crippen LogP contribution in [0.3, 0.4) is 0 Å². The fraction of sp³-hybridized carbons (Fsp3) is 0.200. The van der Waals surface area contributed by atoms with Gasteiger partial charge in [-0.1, -0.05) is 29.3 Å². The summed E-state index contributed by atoms with van der Waals surface area (Å²) in [6.07, 6.45) is -4.77. The molecule has 12 heteroatoms. The van der Waals surface area contributed by atoms with Crippen LogP contribution in [-0.2, 0) is 17.5 Å². The molecule has 168 valence electrons. The molecule has 0 fully saturated rings. The highest BCUT2D eigenvalue weighted by atomic mass is 35.5. The molecule has 0 atom stereocenters. The lowest BCUT2D eigenvalue weighted by Crippen LogP contribution is -2.21. The number of carbonyl (C=O) groups is 1. The first-order valence-corrected chi connectivity index (χ1v) is 9.46. The fourth-order valence-electron chi connectivity index (χ4n) is 2.76. The number of carbonyl (C=O) groups excluding carboxylic acids is 1. The number of nitrogens with zero attached hydrogens (tertiary/aromatic N) is 3. The molecule has 0 saturated heterocycles. The van der Waals surface area contributed by atoms with E-state index in [1.165, 1.54) is 19.1 Å². The summed E-state index contributed by atoms with van der Waals surface area (Å²) in [5.41, 5.74) is -0.668. The predicted octanol–water partition coefficient (Wildman–Crippen LogP) is 5.51. The Bertz CT molecular complexity index is 1180. The largest absolute Gasteiger partial charge is 0.457 e. The van der Waals surface area contributed by atoms with Gasteiger partial charge in [-0.05, 0) is 26.0 Å². The lowest BCUT2D eigenvalue weighted by molar-refractivity contribution is -0.384. The molecule has 1 N–H and O–H groups in total. The zero-order chi connectivity index (χ0) is 23.6. The number of nitro benzene ring substituents is 1. The second kappa shape index (κ2) is 8.87. The van der Waals surface area contributed by atoms with Gasteiger partial charge in [0.2, 0.25) is 5.91 Å². The van der Waals surface area contributed by atoms with Gasteiger partial charge in [0.15, 0.2) is 5.69 Å². The van der Waals surface area contributed by atoms with E-state index in [0.717, 1.165) is 16.3 Å². The number of ether oxygens (including phenoxy) is 1. The zero-order valence-electron chi connectivity index (χ0n) is 16.7. The Hall–Kier alpha value is -3.60. The van der Waals surface area contributed by atoms with Crippen molar-refractivity contribution >= 4 is 28.9 Å². The van der Waals surface area contributed by atoms with Crippen LogP contribution in [0.2, 0.25) is 5.02 Å². The van der Waals surface area contributed by atoms with Gasteiger partial charge >= 0.3 is 6.18 Å². The molecule has 3 aromatic rings. The van der Waals surface area contributed by atoms with Crippen LogP contribution in [-0.4, -0.2) is 20.6 Å². The minimum atomic E-state index is -4.77. The third-order valence-electron chi connectivity index (χ3n) is 4.34. The zero-order valence-corrected chi connectivity index (χ0v) is 17.5. The van der Waals surface area contributed by atoms with Crippen molar-refractivity contribution in [3.8, 4) is 11.5 Å². The molecule has 0 spiro atoms. The summed E-state index contributed by atoms with van der Waals surface area (Å²) in [4.78, 5) is 23.0. The van der Waals surface area contributed by atoms with Gasteiger partial charge in [0.1, 0.15) is 18.0 Å².